The van der Waals surface area contributed by atoms with Crippen LogP contribution >= 0.6 is 24.0 Å². The number of nitrogens with one attached hydrogen (secondary N) is 2. The first-order chi connectivity index (χ1) is 9.76. The first kappa shape index (κ1) is 24.2. The van der Waals surface area contributed by atoms with Crippen molar-refractivity contribution in [3.63, 3.8) is 0 Å². The lowest BCUT2D eigenvalue weighted by atomic mass is 9.89. The van der Waals surface area contributed by atoms with Gasteiger partial charge in [0.05, 0.1) is 6.10 Å². The molecule has 2 unspecified atom stereocenters. The fourth-order valence-corrected chi connectivity index (χ4v) is 2.04. The number of halogens is 1. The zero-order valence-corrected chi connectivity index (χ0v) is 18.0. The van der Waals surface area contributed by atoms with E-state index in [1.807, 2.05) is 0 Å². The van der Waals surface area contributed by atoms with Gasteiger partial charge in [-0.15, -0.1) is 24.0 Å². The highest BCUT2D eigenvalue weighted by Gasteiger charge is 2.24. The number of likely N-dealkylation sites (N-methyl/N-ethyl adjacent to an activating group) is 1. The second-order valence-corrected chi connectivity index (χ2v) is 6.71. The monoisotopic (exact) mass is 428 g/mol. The molecule has 0 saturated heterocycles. The molecule has 0 aliphatic rings. The van der Waals surface area contributed by atoms with E-state index in [1.165, 1.54) is 6.42 Å². The Morgan fingerprint density at radius 3 is 2.27 bits per heavy atom. The molecule has 0 amide bonds. The van der Waals surface area contributed by atoms with Gasteiger partial charge in [0.1, 0.15) is 0 Å². The summed E-state index contributed by atoms with van der Waals surface area (Å²) in [6.07, 6.45) is 1.32. The minimum atomic E-state index is 0. The molecule has 2 atom stereocenters. The maximum Gasteiger partial charge on any atom is 0.191 e. The van der Waals surface area contributed by atoms with Crippen LogP contribution in [0.2, 0.25) is 0 Å². The topological polar surface area (TPSA) is 48.9 Å². The predicted octanol–water partition coefficient (Wildman–Crippen LogP) is 2.56. The molecule has 0 aliphatic heterocycles. The summed E-state index contributed by atoms with van der Waals surface area (Å²) in [6, 6.07) is 0.612. The number of aliphatic imine (C=N–C) groups is 1. The van der Waals surface area contributed by atoms with Gasteiger partial charge in [0.25, 0.3) is 0 Å². The highest BCUT2D eigenvalue weighted by atomic mass is 127. The number of hydrogen-bond acceptors (Lipinski definition) is 3. The quantitative estimate of drug-likeness (QED) is 0.355. The number of ether oxygens (including phenoxy) is 1. The molecule has 2 N–H and O–H groups in total. The predicted molar refractivity (Wildman–Crippen MR) is 107 cm³/mol. The molecule has 0 bridgehead atoms. The maximum absolute atomic E-state index is 5.54. The lowest BCUT2D eigenvalue weighted by Crippen LogP contribution is -2.47. The van der Waals surface area contributed by atoms with Crippen LogP contribution in [0.4, 0.5) is 0 Å². The van der Waals surface area contributed by atoms with E-state index in [4.69, 9.17) is 4.74 Å². The minimum Gasteiger partial charge on any atom is -0.379 e. The van der Waals surface area contributed by atoms with E-state index in [0.717, 1.165) is 25.6 Å². The summed E-state index contributed by atoms with van der Waals surface area (Å²) in [4.78, 5) is 6.61. The summed E-state index contributed by atoms with van der Waals surface area (Å²) in [6.45, 7) is 13.6. The van der Waals surface area contributed by atoms with Gasteiger partial charge < -0.3 is 20.3 Å². The van der Waals surface area contributed by atoms with Gasteiger partial charge in [-0.1, -0.05) is 27.7 Å². The molecular weight excluding hydrogens is 391 g/mol. The van der Waals surface area contributed by atoms with Crippen molar-refractivity contribution in [1.29, 1.82) is 0 Å². The van der Waals surface area contributed by atoms with Gasteiger partial charge in [0, 0.05) is 39.8 Å². The van der Waals surface area contributed by atoms with Crippen molar-refractivity contribution >= 4 is 29.9 Å². The smallest absolute Gasteiger partial charge is 0.191 e. The Balaban J connectivity index is 0. The number of methoxy groups -OCH3 is 1. The second kappa shape index (κ2) is 12.4. The van der Waals surface area contributed by atoms with Crippen molar-refractivity contribution in [3.05, 3.63) is 0 Å². The molecule has 0 aromatic heterocycles. The van der Waals surface area contributed by atoms with E-state index in [2.05, 4.69) is 62.2 Å². The van der Waals surface area contributed by atoms with Crippen LogP contribution in [0.5, 0.6) is 0 Å². The summed E-state index contributed by atoms with van der Waals surface area (Å²) in [5.74, 6) is 0.832. The SMILES string of the molecule is CCC(C)N(C)CCNC(=NC)NCC(OC)C(C)(C)C.I. The molecule has 0 saturated carbocycles. The fourth-order valence-electron chi connectivity index (χ4n) is 2.04. The third-order valence-electron chi connectivity index (χ3n) is 4.03. The number of guanidine groups is 1. The van der Waals surface area contributed by atoms with Crippen LogP contribution in [0.15, 0.2) is 4.99 Å². The summed E-state index contributed by atoms with van der Waals surface area (Å²) in [7, 11) is 5.72. The van der Waals surface area contributed by atoms with Gasteiger partial charge in [-0.2, -0.15) is 0 Å². The Kier molecular flexibility index (Phi) is 13.6. The average molecular weight is 428 g/mol. The fraction of sp³-hybridized carbons (Fsp3) is 0.938. The molecule has 22 heavy (non-hydrogen) atoms. The summed E-state index contributed by atoms with van der Waals surface area (Å²) < 4.78 is 5.54. The zero-order valence-electron chi connectivity index (χ0n) is 15.7. The summed E-state index contributed by atoms with van der Waals surface area (Å²) in [5, 5.41) is 6.69. The molecule has 0 aliphatic carbocycles. The number of rotatable bonds is 8. The standard InChI is InChI=1S/C16H36N4O.HI/c1-9-13(2)20(7)11-10-18-15(17-6)19-12-14(21-8)16(3,4)5;/h13-14H,9-12H2,1-8H3,(H2,17,18,19);1H. The van der Waals surface area contributed by atoms with Crippen LogP contribution < -0.4 is 10.6 Å². The van der Waals surface area contributed by atoms with Crippen molar-refractivity contribution in [2.24, 2.45) is 10.4 Å². The molecule has 6 heteroatoms. The van der Waals surface area contributed by atoms with E-state index in [1.54, 1.807) is 14.2 Å². The Bertz CT molecular complexity index is 305. The van der Waals surface area contributed by atoms with Crippen molar-refractivity contribution in [1.82, 2.24) is 15.5 Å². The van der Waals surface area contributed by atoms with Gasteiger partial charge in [0.15, 0.2) is 5.96 Å². The van der Waals surface area contributed by atoms with E-state index >= 15 is 0 Å². The van der Waals surface area contributed by atoms with E-state index in [-0.39, 0.29) is 35.5 Å². The molecule has 0 radical (unpaired) electrons. The van der Waals surface area contributed by atoms with Gasteiger partial charge in [0.2, 0.25) is 0 Å². The maximum atomic E-state index is 5.54. The van der Waals surface area contributed by atoms with Crippen LogP contribution in [-0.4, -0.2) is 63.8 Å². The first-order valence-corrected chi connectivity index (χ1v) is 7.93. The molecule has 0 spiro atoms. The van der Waals surface area contributed by atoms with Crippen LogP contribution in [0.1, 0.15) is 41.0 Å². The van der Waals surface area contributed by atoms with Crippen LogP contribution in [0.3, 0.4) is 0 Å². The number of nitrogens with zero attached hydrogens (tertiary/aromatic N) is 2. The van der Waals surface area contributed by atoms with Crippen molar-refractivity contribution in [3.8, 4) is 0 Å². The second-order valence-electron chi connectivity index (χ2n) is 6.71. The normalized spacial score (nSPS) is 15.2. The van der Waals surface area contributed by atoms with Crippen molar-refractivity contribution < 1.29 is 4.74 Å². The van der Waals surface area contributed by atoms with Gasteiger partial charge >= 0.3 is 0 Å². The zero-order chi connectivity index (χ0) is 16.5. The van der Waals surface area contributed by atoms with Gasteiger partial charge in [-0.25, -0.2) is 0 Å². The van der Waals surface area contributed by atoms with E-state index in [0.29, 0.717) is 6.04 Å². The summed E-state index contributed by atoms with van der Waals surface area (Å²) >= 11 is 0. The summed E-state index contributed by atoms with van der Waals surface area (Å²) in [5.41, 5.74) is 0.109. The Morgan fingerprint density at radius 1 is 1.27 bits per heavy atom. The third-order valence-corrected chi connectivity index (χ3v) is 4.03. The van der Waals surface area contributed by atoms with E-state index < -0.39 is 0 Å². The largest absolute Gasteiger partial charge is 0.379 e. The highest BCUT2D eigenvalue weighted by molar-refractivity contribution is 14.0. The molecule has 0 fully saturated rings. The molecule has 134 valence electrons. The van der Waals surface area contributed by atoms with Crippen molar-refractivity contribution in [2.45, 2.75) is 53.2 Å². The van der Waals surface area contributed by atoms with E-state index in [9.17, 15) is 0 Å². The molecular formula is C16H37IN4O. The molecule has 0 aromatic carbocycles. The number of hydrogen-bond donors (Lipinski definition) is 2. The van der Waals surface area contributed by atoms with Gasteiger partial charge in [-0.3, -0.25) is 4.99 Å². The Labute approximate surface area is 154 Å². The minimum absolute atomic E-state index is 0. The van der Waals surface area contributed by atoms with Crippen LogP contribution in [0, 0.1) is 5.41 Å². The van der Waals surface area contributed by atoms with Gasteiger partial charge in [-0.05, 0) is 25.8 Å². The lowest BCUT2D eigenvalue weighted by Gasteiger charge is -2.30. The molecule has 5 nitrogen and oxygen atoms in total. The molecule has 0 heterocycles. The van der Waals surface area contributed by atoms with Crippen molar-refractivity contribution in [2.75, 3.05) is 40.8 Å². The molecule has 0 aromatic rings. The lowest BCUT2D eigenvalue weighted by molar-refractivity contribution is 0.0205. The average Bonchev–Trinajstić information content (AvgIpc) is 2.43. The Hall–Kier alpha value is -0.0800. The Morgan fingerprint density at radius 2 is 1.86 bits per heavy atom. The highest BCUT2D eigenvalue weighted by Crippen LogP contribution is 2.20. The van der Waals surface area contributed by atoms with Crippen LogP contribution in [0.25, 0.3) is 0 Å². The van der Waals surface area contributed by atoms with Crippen LogP contribution in [-0.2, 0) is 4.74 Å². The molecule has 0 rings (SSSR count). The first-order valence-electron chi connectivity index (χ1n) is 7.93. The third kappa shape index (κ3) is 9.84.